The van der Waals surface area contributed by atoms with E-state index < -0.39 is 0 Å². The fraction of sp³-hybridized carbons (Fsp3) is 0.282. The van der Waals surface area contributed by atoms with Gasteiger partial charge < -0.3 is 4.74 Å². The van der Waals surface area contributed by atoms with Crippen molar-refractivity contribution >= 4 is 11.9 Å². The van der Waals surface area contributed by atoms with Gasteiger partial charge in [-0.15, -0.1) is 10.2 Å². The van der Waals surface area contributed by atoms with Crippen molar-refractivity contribution < 1.29 is 9.53 Å². The third-order valence-corrected chi connectivity index (χ3v) is 8.13. The van der Waals surface area contributed by atoms with Crippen LogP contribution in [0.2, 0.25) is 0 Å². The Hall–Kier alpha value is -4.84. The van der Waals surface area contributed by atoms with Crippen LogP contribution in [0.5, 0.6) is 5.75 Å². The number of allylic oxidation sites excluding steroid dienone is 1. The van der Waals surface area contributed by atoms with Crippen LogP contribution in [-0.4, -0.2) is 33.0 Å². The van der Waals surface area contributed by atoms with Crippen molar-refractivity contribution in [2.24, 2.45) is 5.92 Å². The van der Waals surface area contributed by atoms with Gasteiger partial charge in [-0.05, 0) is 78.8 Å². The lowest BCUT2D eigenvalue weighted by molar-refractivity contribution is 0.0988. The molecule has 4 aromatic carbocycles. The molecule has 1 N–H and O–H groups in total. The number of aromatic nitrogens is 4. The zero-order chi connectivity index (χ0) is 31.1. The van der Waals surface area contributed by atoms with Crippen molar-refractivity contribution in [3.05, 3.63) is 137 Å². The fourth-order valence-corrected chi connectivity index (χ4v) is 5.48. The van der Waals surface area contributed by atoms with E-state index in [1.54, 1.807) is 0 Å². The number of Topliss-reactive ketones (excluding diaryl/α,β-unsaturated/α-hetero) is 1. The molecule has 1 unspecified atom stereocenters. The molecule has 0 amide bonds. The maximum absolute atomic E-state index is 12.1. The molecule has 5 rings (SSSR count). The number of para-hydroxylation sites is 1. The number of hydrogen-bond acceptors (Lipinski definition) is 5. The van der Waals surface area contributed by atoms with E-state index in [1.165, 1.54) is 23.1 Å². The molecule has 45 heavy (non-hydrogen) atoms. The lowest BCUT2D eigenvalue weighted by Gasteiger charge is -2.15. The lowest BCUT2D eigenvalue weighted by Crippen LogP contribution is -2.04. The molecule has 0 radical (unpaired) electrons. The summed E-state index contributed by atoms with van der Waals surface area (Å²) >= 11 is 0. The Morgan fingerprint density at radius 3 is 2.29 bits per heavy atom. The molecule has 0 saturated heterocycles. The molecular weight excluding hydrogens is 556 g/mol. The number of carbonyl (C=O) groups is 1. The summed E-state index contributed by atoms with van der Waals surface area (Å²) in [6, 6.07) is 35.5. The summed E-state index contributed by atoms with van der Waals surface area (Å²) in [4.78, 5) is 12.1. The van der Waals surface area contributed by atoms with Gasteiger partial charge in [0.15, 0.2) is 5.78 Å². The Kier molecular flexibility index (Phi) is 11.8. The van der Waals surface area contributed by atoms with E-state index in [-0.39, 0.29) is 5.78 Å². The maximum Gasteiger partial charge on any atom is 0.204 e. The van der Waals surface area contributed by atoms with Crippen molar-refractivity contribution in [2.45, 2.75) is 58.3 Å². The van der Waals surface area contributed by atoms with Gasteiger partial charge in [-0.3, -0.25) is 4.79 Å². The third kappa shape index (κ3) is 9.83. The van der Waals surface area contributed by atoms with E-state index >= 15 is 0 Å². The van der Waals surface area contributed by atoms with Gasteiger partial charge in [0.25, 0.3) is 0 Å². The number of nitrogens with one attached hydrogen (secondary N) is 1. The molecule has 1 aromatic heterocycles. The molecular formula is C39H42N4O2. The van der Waals surface area contributed by atoms with E-state index in [1.807, 2.05) is 37.3 Å². The second-order valence-electron chi connectivity index (χ2n) is 11.5. The molecule has 0 bridgehead atoms. The molecule has 6 nitrogen and oxygen atoms in total. The van der Waals surface area contributed by atoms with Gasteiger partial charge in [-0.25, -0.2) is 0 Å². The number of aryl methyl sites for hydroxylation is 2. The van der Waals surface area contributed by atoms with Crippen molar-refractivity contribution in [2.75, 3.05) is 6.61 Å². The second-order valence-corrected chi connectivity index (χ2v) is 11.5. The highest BCUT2D eigenvalue weighted by Gasteiger charge is 2.11. The first-order chi connectivity index (χ1) is 22.2. The van der Waals surface area contributed by atoms with Crippen molar-refractivity contribution in [3.63, 3.8) is 0 Å². The normalized spacial score (nSPS) is 11.9. The van der Waals surface area contributed by atoms with Gasteiger partial charge in [0.1, 0.15) is 5.75 Å². The molecule has 6 heteroatoms. The van der Waals surface area contributed by atoms with E-state index in [0.29, 0.717) is 24.8 Å². The summed E-state index contributed by atoms with van der Waals surface area (Å²) in [7, 11) is 0. The summed E-state index contributed by atoms with van der Waals surface area (Å²) in [5.74, 6) is 2.01. The molecule has 0 aliphatic carbocycles. The highest BCUT2D eigenvalue weighted by Crippen LogP contribution is 2.25. The Bertz CT molecular complexity index is 1610. The lowest BCUT2D eigenvalue weighted by atomic mass is 9.91. The number of tetrazole rings is 1. The summed E-state index contributed by atoms with van der Waals surface area (Å²) < 4.78 is 6.26. The number of ether oxygens (including phenoxy) is 1. The number of nitrogens with zero attached hydrogens (tertiary/aromatic N) is 3. The first kappa shape index (κ1) is 31.6. The minimum absolute atomic E-state index is 0.180. The van der Waals surface area contributed by atoms with Crippen LogP contribution in [0, 0.1) is 5.92 Å². The van der Waals surface area contributed by atoms with Crippen LogP contribution in [0.25, 0.3) is 17.5 Å². The SMILES string of the molecule is CCC(=O)c1ccc(CCC(/C=C/c2ccccc2OCCCCCc2ccccc2)Cc2ccc(-c3nn[nH]n3)cc2)cc1. The molecule has 1 atom stereocenters. The molecule has 0 aliphatic heterocycles. The van der Waals surface area contributed by atoms with Gasteiger partial charge in [0, 0.05) is 23.1 Å². The first-order valence-corrected chi connectivity index (χ1v) is 16.1. The van der Waals surface area contributed by atoms with Crippen LogP contribution >= 0.6 is 0 Å². The predicted octanol–water partition coefficient (Wildman–Crippen LogP) is 8.76. The van der Waals surface area contributed by atoms with Gasteiger partial charge in [0.05, 0.1) is 6.61 Å². The predicted molar refractivity (Wildman–Crippen MR) is 181 cm³/mol. The quantitative estimate of drug-likeness (QED) is 0.0855. The Morgan fingerprint density at radius 2 is 1.53 bits per heavy atom. The summed E-state index contributed by atoms with van der Waals surface area (Å²) in [5, 5.41) is 14.4. The van der Waals surface area contributed by atoms with Crippen LogP contribution in [-0.2, 0) is 19.3 Å². The molecule has 0 aliphatic rings. The first-order valence-electron chi connectivity index (χ1n) is 16.1. The molecule has 1 heterocycles. The van der Waals surface area contributed by atoms with Crippen molar-refractivity contribution in [1.29, 1.82) is 0 Å². The topological polar surface area (TPSA) is 80.8 Å². The molecule has 5 aromatic rings. The molecule has 0 spiro atoms. The summed E-state index contributed by atoms with van der Waals surface area (Å²) in [6.45, 7) is 2.62. The summed E-state index contributed by atoms with van der Waals surface area (Å²) in [5.41, 5.74) is 6.71. The Balaban J connectivity index is 1.21. The van der Waals surface area contributed by atoms with Crippen molar-refractivity contribution in [3.8, 4) is 17.1 Å². The smallest absolute Gasteiger partial charge is 0.204 e. The van der Waals surface area contributed by atoms with E-state index in [0.717, 1.165) is 61.0 Å². The average Bonchev–Trinajstić information content (AvgIpc) is 3.64. The van der Waals surface area contributed by atoms with Gasteiger partial charge in [-0.2, -0.15) is 5.21 Å². The monoisotopic (exact) mass is 598 g/mol. The van der Waals surface area contributed by atoms with Gasteiger partial charge >= 0.3 is 0 Å². The van der Waals surface area contributed by atoms with E-state index in [4.69, 9.17) is 4.74 Å². The highest BCUT2D eigenvalue weighted by molar-refractivity contribution is 5.95. The van der Waals surface area contributed by atoms with E-state index in [2.05, 4.69) is 106 Å². The van der Waals surface area contributed by atoms with Crippen LogP contribution < -0.4 is 4.74 Å². The van der Waals surface area contributed by atoms with Crippen LogP contribution in [0.4, 0.5) is 0 Å². The van der Waals surface area contributed by atoms with Gasteiger partial charge in [0.2, 0.25) is 5.82 Å². The zero-order valence-electron chi connectivity index (χ0n) is 26.1. The Morgan fingerprint density at radius 1 is 0.800 bits per heavy atom. The minimum atomic E-state index is 0.180. The number of hydrogen-bond donors (Lipinski definition) is 1. The van der Waals surface area contributed by atoms with Crippen molar-refractivity contribution in [1.82, 2.24) is 20.6 Å². The van der Waals surface area contributed by atoms with Crippen LogP contribution in [0.15, 0.2) is 109 Å². The number of carbonyl (C=O) groups excluding carboxylic acids is 1. The number of unbranched alkanes of at least 4 members (excludes halogenated alkanes) is 2. The number of aromatic amines is 1. The average molecular weight is 599 g/mol. The zero-order valence-corrected chi connectivity index (χ0v) is 26.1. The largest absolute Gasteiger partial charge is 0.493 e. The number of rotatable bonds is 17. The van der Waals surface area contributed by atoms with Gasteiger partial charge in [-0.1, -0.05) is 116 Å². The second kappa shape index (κ2) is 16.9. The molecule has 0 saturated carbocycles. The number of benzene rings is 4. The van der Waals surface area contributed by atoms with Crippen LogP contribution in [0.3, 0.4) is 0 Å². The Labute approximate surface area is 266 Å². The fourth-order valence-electron chi connectivity index (χ4n) is 5.48. The standard InChI is InChI=1S/C39H42N4O2/c1-2-37(44)34-23-18-31(19-24-34)16-17-32(29-33-21-26-36(27-22-33)39-40-42-43-41-39)20-25-35-14-8-9-15-38(35)45-28-10-4-7-13-30-11-5-3-6-12-30/h3,5-6,8-9,11-12,14-15,18-27,32H,2,4,7,10,13,16-17,28-29H2,1H3,(H,40,41,42,43)/b25-20+. The molecule has 0 fully saturated rings. The third-order valence-electron chi connectivity index (χ3n) is 8.13. The maximum atomic E-state index is 12.1. The van der Waals surface area contributed by atoms with Crippen LogP contribution in [0.1, 0.15) is 71.6 Å². The van der Waals surface area contributed by atoms with E-state index in [9.17, 15) is 4.79 Å². The highest BCUT2D eigenvalue weighted by atomic mass is 16.5. The molecule has 230 valence electrons. The number of H-pyrrole nitrogens is 1. The summed E-state index contributed by atoms with van der Waals surface area (Å²) in [6.07, 6.45) is 12.3. The minimum Gasteiger partial charge on any atom is -0.493 e. The number of ketones is 1.